The van der Waals surface area contributed by atoms with Crippen molar-refractivity contribution >= 4 is 23.0 Å². The van der Waals surface area contributed by atoms with Gasteiger partial charge in [0.15, 0.2) is 0 Å². The van der Waals surface area contributed by atoms with Crippen LogP contribution in [0.3, 0.4) is 0 Å². The molecule has 2 aliphatic rings. The van der Waals surface area contributed by atoms with Crippen molar-refractivity contribution in [1.29, 1.82) is 0 Å². The lowest BCUT2D eigenvalue weighted by atomic mass is 10.0. The van der Waals surface area contributed by atoms with Crippen LogP contribution in [0.15, 0.2) is 12.1 Å². The summed E-state index contributed by atoms with van der Waals surface area (Å²) < 4.78 is 0. The van der Waals surface area contributed by atoms with Gasteiger partial charge in [0, 0.05) is 24.6 Å². The lowest BCUT2D eigenvalue weighted by Gasteiger charge is -2.18. The molecule has 1 aromatic carbocycles. The summed E-state index contributed by atoms with van der Waals surface area (Å²) in [5, 5.41) is 16.9. The highest BCUT2D eigenvalue weighted by Crippen LogP contribution is 2.36. The van der Waals surface area contributed by atoms with Crippen molar-refractivity contribution in [3.05, 3.63) is 27.8 Å². The molecule has 19 heavy (non-hydrogen) atoms. The van der Waals surface area contributed by atoms with Crippen molar-refractivity contribution in [2.24, 2.45) is 5.73 Å². The van der Waals surface area contributed by atoms with Gasteiger partial charge in [0.05, 0.1) is 10.6 Å². The first-order chi connectivity index (χ1) is 9.04. The monoisotopic (exact) mass is 262 g/mol. The Morgan fingerprint density at radius 2 is 2.16 bits per heavy atom. The Morgan fingerprint density at radius 3 is 2.79 bits per heavy atom. The standard InChI is InChI=1S/C12H14N4O3/c13-7-4-9(7)14-10-3-6-1-2-12(17)15-8(6)5-11(10)16(18)19/h3,5,7,9,14H,1-2,4,13H2,(H,15,17). The summed E-state index contributed by atoms with van der Waals surface area (Å²) in [5.74, 6) is -0.105. The maximum Gasteiger partial charge on any atom is 0.294 e. The molecule has 1 fully saturated rings. The number of hydrogen-bond donors (Lipinski definition) is 3. The van der Waals surface area contributed by atoms with Gasteiger partial charge in [-0.25, -0.2) is 0 Å². The molecule has 1 aromatic rings. The van der Waals surface area contributed by atoms with Gasteiger partial charge in [-0.2, -0.15) is 0 Å². The van der Waals surface area contributed by atoms with Crippen LogP contribution in [0.4, 0.5) is 17.1 Å². The van der Waals surface area contributed by atoms with Crippen LogP contribution in [0.25, 0.3) is 0 Å². The summed E-state index contributed by atoms with van der Waals surface area (Å²) in [6.07, 6.45) is 1.84. The van der Waals surface area contributed by atoms with E-state index in [1.165, 1.54) is 6.07 Å². The molecule has 0 spiro atoms. The Hall–Kier alpha value is -2.15. The highest BCUT2D eigenvalue weighted by Gasteiger charge is 2.35. The summed E-state index contributed by atoms with van der Waals surface area (Å²) >= 11 is 0. The molecule has 1 saturated carbocycles. The number of nitrogens with one attached hydrogen (secondary N) is 2. The van der Waals surface area contributed by atoms with Gasteiger partial charge >= 0.3 is 0 Å². The Bertz CT molecular complexity index is 572. The number of nitro groups is 1. The molecule has 0 radical (unpaired) electrons. The second kappa shape index (κ2) is 4.20. The van der Waals surface area contributed by atoms with E-state index in [0.717, 1.165) is 12.0 Å². The van der Waals surface area contributed by atoms with Crippen LogP contribution in [0.5, 0.6) is 0 Å². The Morgan fingerprint density at radius 1 is 1.42 bits per heavy atom. The number of carbonyl (C=O) groups excluding carboxylic acids is 1. The third kappa shape index (κ3) is 2.24. The molecule has 7 nitrogen and oxygen atoms in total. The first kappa shape index (κ1) is 11.9. The van der Waals surface area contributed by atoms with E-state index < -0.39 is 4.92 Å². The molecule has 100 valence electrons. The fourth-order valence-electron chi connectivity index (χ4n) is 2.26. The number of aryl methyl sites for hydroxylation is 1. The molecule has 4 N–H and O–H groups in total. The second-order valence-corrected chi connectivity index (χ2v) is 4.98. The fourth-order valence-corrected chi connectivity index (χ4v) is 2.26. The van der Waals surface area contributed by atoms with Crippen LogP contribution in [0.1, 0.15) is 18.4 Å². The third-order valence-electron chi connectivity index (χ3n) is 3.49. The van der Waals surface area contributed by atoms with Crippen LogP contribution >= 0.6 is 0 Å². The van der Waals surface area contributed by atoms with E-state index in [9.17, 15) is 14.9 Å². The van der Waals surface area contributed by atoms with Gasteiger partial charge in [0.2, 0.25) is 5.91 Å². The third-order valence-corrected chi connectivity index (χ3v) is 3.49. The zero-order valence-corrected chi connectivity index (χ0v) is 10.2. The number of nitrogens with zero attached hydrogens (tertiary/aromatic N) is 1. The zero-order chi connectivity index (χ0) is 13.6. The smallest absolute Gasteiger partial charge is 0.294 e. The summed E-state index contributed by atoms with van der Waals surface area (Å²) in [4.78, 5) is 22.0. The van der Waals surface area contributed by atoms with Crippen LogP contribution in [0.2, 0.25) is 0 Å². The highest BCUT2D eigenvalue weighted by atomic mass is 16.6. The van der Waals surface area contributed by atoms with E-state index in [4.69, 9.17) is 5.73 Å². The van der Waals surface area contributed by atoms with Crippen molar-refractivity contribution in [1.82, 2.24) is 0 Å². The topological polar surface area (TPSA) is 110 Å². The number of nitro benzene ring substituents is 1. The molecule has 2 atom stereocenters. The fraction of sp³-hybridized carbons (Fsp3) is 0.417. The van der Waals surface area contributed by atoms with E-state index >= 15 is 0 Å². The van der Waals surface area contributed by atoms with Crippen LogP contribution < -0.4 is 16.4 Å². The van der Waals surface area contributed by atoms with Gasteiger partial charge in [-0.1, -0.05) is 0 Å². The van der Waals surface area contributed by atoms with Crippen molar-refractivity contribution in [3.63, 3.8) is 0 Å². The average molecular weight is 262 g/mol. The van der Waals surface area contributed by atoms with Crippen molar-refractivity contribution in [2.45, 2.75) is 31.3 Å². The average Bonchev–Trinajstić information content (AvgIpc) is 3.04. The number of fused-ring (bicyclic) bond motifs is 1. The molecular weight excluding hydrogens is 248 g/mol. The Labute approximate surface area is 109 Å². The summed E-state index contributed by atoms with van der Waals surface area (Å²) in [6.45, 7) is 0. The molecule has 0 saturated heterocycles. The minimum absolute atomic E-state index is 0.0277. The first-order valence-corrected chi connectivity index (χ1v) is 6.18. The zero-order valence-electron chi connectivity index (χ0n) is 10.2. The normalized spacial score (nSPS) is 24.4. The molecule has 1 amide bonds. The van der Waals surface area contributed by atoms with Crippen molar-refractivity contribution in [3.8, 4) is 0 Å². The minimum atomic E-state index is -0.447. The summed E-state index contributed by atoms with van der Waals surface area (Å²) in [5.41, 5.74) is 7.62. The number of anilines is 2. The number of carbonyl (C=O) groups is 1. The van der Waals surface area contributed by atoms with Crippen molar-refractivity contribution in [2.75, 3.05) is 10.6 Å². The summed E-state index contributed by atoms with van der Waals surface area (Å²) in [7, 11) is 0. The van der Waals surface area contributed by atoms with E-state index in [2.05, 4.69) is 10.6 Å². The maximum absolute atomic E-state index is 11.3. The highest BCUT2D eigenvalue weighted by molar-refractivity contribution is 5.95. The van der Waals surface area contributed by atoms with Crippen LogP contribution in [0, 0.1) is 10.1 Å². The first-order valence-electron chi connectivity index (χ1n) is 6.18. The number of amides is 1. The van der Waals surface area contributed by atoms with Crippen molar-refractivity contribution < 1.29 is 9.72 Å². The number of rotatable bonds is 3. The van der Waals surface area contributed by atoms with Gasteiger partial charge in [-0.05, 0) is 24.5 Å². The molecule has 3 rings (SSSR count). The van der Waals surface area contributed by atoms with Crippen LogP contribution in [-0.4, -0.2) is 22.9 Å². The lowest BCUT2D eigenvalue weighted by Crippen LogP contribution is -2.20. The number of hydrogen-bond acceptors (Lipinski definition) is 5. The molecule has 7 heteroatoms. The predicted molar refractivity (Wildman–Crippen MR) is 70.1 cm³/mol. The van der Waals surface area contributed by atoms with Gasteiger partial charge in [-0.3, -0.25) is 14.9 Å². The quantitative estimate of drug-likeness (QED) is 0.555. The van der Waals surface area contributed by atoms with Gasteiger partial charge in [0.1, 0.15) is 5.69 Å². The molecule has 1 aliphatic carbocycles. The number of nitrogens with two attached hydrogens (primary N) is 1. The molecule has 1 aliphatic heterocycles. The van der Waals surface area contributed by atoms with Gasteiger partial charge in [-0.15, -0.1) is 0 Å². The van der Waals surface area contributed by atoms with E-state index in [0.29, 0.717) is 24.2 Å². The molecular formula is C12H14N4O3. The van der Waals surface area contributed by atoms with E-state index in [1.54, 1.807) is 6.07 Å². The van der Waals surface area contributed by atoms with Gasteiger partial charge < -0.3 is 16.4 Å². The Kier molecular flexibility index (Phi) is 2.63. The lowest BCUT2D eigenvalue weighted by molar-refractivity contribution is -0.383. The summed E-state index contributed by atoms with van der Waals surface area (Å²) in [6, 6.07) is 3.34. The minimum Gasteiger partial charge on any atom is -0.375 e. The Balaban J connectivity index is 1.97. The molecule has 2 unspecified atom stereocenters. The van der Waals surface area contributed by atoms with E-state index in [1.807, 2.05) is 0 Å². The molecule has 0 aromatic heterocycles. The van der Waals surface area contributed by atoms with E-state index in [-0.39, 0.29) is 23.7 Å². The maximum atomic E-state index is 11.3. The molecule has 1 heterocycles. The largest absolute Gasteiger partial charge is 0.375 e. The predicted octanol–water partition coefficient (Wildman–Crippen LogP) is 0.991. The van der Waals surface area contributed by atoms with Crippen LogP contribution in [-0.2, 0) is 11.2 Å². The molecule has 0 bridgehead atoms. The number of benzene rings is 1. The second-order valence-electron chi connectivity index (χ2n) is 4.98. The van der Waals surface area contributed by atoms with Gasteiger partial charge in [0.25, 0.3) is 5.69 Å². The SMILES string of the molecule is NC1CC1Nc1cc2c(cc1[N+](=O)[O-])NC(=O)CC2.